The molecule has 4 aromatic rings. The highest BCUT2D eigenvalue weighted by molar-refractivity contribution is 7.92. The minimum Gasteiger partial charge on any atom is -0.488 e. The van der Waals surface area contributed by atoms with Gasteiger partial charge in [0.05, 0.1) is 41.7 Å². The van der Waals surface area contributed by atoms with Crippen LogP contribution in [0.4, 0.5) is 5.95 Å². The fraction of sp³-hybridized carbons (Fsp3) is 0.364. The average molecular weight is 629 g/mol. The second-order valence-corrected chi connectivity index (χ2v) is 13.8. The lowest BCUT2D eigenvalue weighted by molar-refractivity contribution is 0.0697. The number of hydrogen-bond acceptors (Lipinski definition) is 9. The number of amides is 1. The van der Waals surface area contributed by atoms with Crippen LogP contribution >= 0.6 is 0 Å². The summed E-state index contributed by atoms with van der Waals surface area (Å²) in [5, 5.41) is 0. The number of aryl methyl sites for hydroxylation is 2. The predicted molar refractivity (Wildman–Crippen MR) is 169 cm³/mol. The van der Waals surface area contributed by atoms with Gasteiger partial charge in [-0.1, -0.05) is 38.1 Å². The molecule has 0 spiro atoms. The number of anilines is 1. The van der Waals surface area contributed by atoms with E-state index in [1.165, 1.54) is 12.1 Å². The molecule has 3 unspecified atom stereocenters. The van der Waals surface area contributed by atoms with E-state index in [-0.39, 0.29) is 52.7 Å². The first kappa shape index (κ1) is 30.4. The van der Waals surface area contributed by atoms with E-state index in [1.54, 1.807) is 35.5 Å². The molecule has 2 aromatic carbocycles. The van der Waals surface area contributed by atoms with Gasteiger partial charge in [-0.2, -0.15) is 4.98 Å². The Kier molecular flexibility index (Phi) is 7.94. The Morgan fingerprint density at radius 2 is 1.67 bits per heavy atom. The molecule has 3 atom stereocenters. The van der Waals surface area contributed by atoms with Crippen molar-refractivity contribution in [3.05, 3.63) is 83.4 Å². The first-order chi connectivity index (χ1) is 21.4. The first-order valence-corrected chi connectivity index (χ1v) is 16.4. The third-order valence-corrected chi connectivity index (χ3v) is 9.48. The largest absolute Gasteiger partial charge is 0.488 e. The molecule has 45 heavy (non-hydrogen) atoms. The Morgan fingerprint density at radius 1 is 0.978 bits per heavy atom. The predicted octanol–water partition coefficient (Wildman–Crippen LogP) is 5.37. The lowest BCUT2D eigenvalue weighted by Gasteiger charge is -2.29. The van der Waals surface area contributed by atoms with Gasteiger partial charge in [-0.25, -0.2) is 28.1 Å². The van der Waals surface area contributed by atoms with E-state index in [9.17, 15) is 13.2 Å². The van der Waals surface area contributed by atoms with Gasteiger partial charge in [-0.15, -0.1) is 0 Å². The van der Waals surface area contributed by atoms with E-state index in [0.717, 1.165) is 16.7 Å². The van der Waals surface area contributed by atoms with Crippen molar-refractivity contribution in [3.8, 4) is 22.9 Å². The van der Waals surface area contributed by atoms with Crippen molar-refractivity contribution in [2.45, 2.75) is 64.7 Å². The van der Waals surface area contributed by atoms with Crippen LogP contribution in [-0.4, -0.2) is 57.9 Å². The molecule has 1 fully saturated rings. The second kappa shape index (κ2) is 11.7. The van der Waals surface area contributed by atoms with Gasteiger partial charge in [0.15, 0.2) is 11.6 Å². The van der Waals surface area contributed by atoms with E-state index < -0.39 is 22.2 Å². The number of carbonyl (C=O) groups excluding carboxylic acids is 1. The van der Waals surface area contributed by atoms with Crippen LogP contribution in [0.1, 0.15) is 61.0 Å². The third kappa shape index (κ3) is 5.94. The molecule has 0 aliphatic carbocycles. The van der Waals surface area contributed by atoms with Crippen molar-refractivity contribution < 1.29 is 22.7 Å². The van der Waals surface area contributed by atoms with Gasteiger partial charge >= 0.3 is 0 Å². The number of ether oxygens (including phenoxy) is 2. The van der Waals surface area contributed by atoms with E-state index in [4.69, 9.17) is 9.47 Å². The van der Waals surface area contributed by atoms with Gasteiger partial charge in [-0.05, 0) is 62.9 Å². The summed E-state index contributed by atoms with van der Waals surface area (Å²) in [6.07, 6.45) is 2.67. The normalized spacial score (nSPS) is 20.6. The molecule has 2 aliphatic heterocycles. The quantitative estimate of drug-likeness (QED) is 0.309. The summed E-state index contributed by atoms with van der Waals surface area (Å²) in [5.41, 5.74) is 3.53. The molecule has 0 radical (unpaired) electrons. The van der Waals surface area contributed by atoms with Crippen LogP contribution in [0, 0.1) is 25.7 Å². The van der Waals surface area contributed by atoms with Crippen LogP contribution in [-0.2, 0) is 10.0 Å². The molecule has 234 valence electrons. The van der Waals surface area contributed by atoms with Crippen LogP contribution in [0.5, 0.6) is 11.6 Å². The minimum absolute atomic E-state index is 0.0464. The Morgan fingerprint density at radius 3 is 2.33 bits per heavy atom. The molecule has 11 nitrogen and oxygen atoms in total. The molecular weight excluding hydrogens is 592 g/mol. The van der Waals surface area contributed by atoms with Crippen molar-refractivity contribution in [1.29, 1.82) is 0 Å². The first-order valence-electron chi connectivity index (χ1n) is 15.0. The molecule has 1 N–H and O–H groups in total. The number of aromatic nitrogens is 4. The van der Waals surface area contributed by atoms with Crippen molar-refractivity contribution in [2.24, 2.45) is 11.8 Å². The Labute approximate surface area is 263 Å². The molecule has 2 aliphatic rings. The molecule has 1 saturated heterocycles. The van der Waals surface area contributed by atoms with Gasteiger partial charge in [-0.3, -0.25) is 4.79 Å². The van der Waals surface area contributed by atoms with E-state index in [0.29, 0.717) is 17.3 Å². The molecule has 4 heterocycles. The smallest absolute Gasteiger partial charge is 0.264 e. The average Bonchev–Trinajstić information content (AvgIpc) is 3.35. The van der Waals surface area contributed by atoms with Crippen molar-refractivity contribution in [1.82, 2.24) is 24.8 Å². The fourth-order valence-corrected chi connectivity index (χ4v) is 7.25. The zero-order valence-electron chi connectivity index (χ0n) is 26.1. The number of nitrogens with zero attached hydrogens (tertiary/aromatic N) is 5. The summed E-state index contributed by atoms with van der Waals surface area (Å²) >= 11 is 0. The van der Waals surface area contributed by atoms with Crippen molar-refractivity contribution in [3.63, 3.8) is 0 Å². The Balaban J connectivity index is 1.53. The maximum absolute atomic E-state index is 14.2. The summed E-state index contributed by atoms with van der Waals surface area (Å²) in [6, 6.07) is 13.0. The number of fused-ring (bicyclic) bond motifs is 6. The summed E-state index contributed by atoms with van der Waals surface area (Å²) < 4.78 is 42.0. The molecule has 12 heteroatoms. The molecule has 6 rings (SSSR count). The Bertz CT molecular complexity index is 1840. The van der Waals surface area contributed by atoms with Crippen LogP contribution in [0.3, 0.4) is 0 Å². The number of sulfonamides is 1. The maximum atomic E-state index is 14.2. The van der Waals surface area contributed by atoms with E-state index >= 15 is 0 Å². The molecule has 1 amide bonds. The van der Waals surface area contributed by atoms with Crippen LogP contribution in [0.2, 0.25) is 0 Å². The number of benzene rings is 2. The second-order valence-electron chi connectivity index (χ2n) is 12.1. The molecule has 2 aromatic heterocycles. The van der Waals surface area contributed by atoms with E-state index in [1.807, 2.05) is 45.9 Å². The van der Waals surface area contributed by atoms with Crippen LogP contribution in [0.15, 0.2) is 65.8 Å². The van der Waals surface area contributed by atoms with Crippen molar-refractivity contribution >= 4 is 21.9 Å². The van der Waals surface area contributed by atoms with Crippen molar-refractivity contribution in [2.75, 3.05) is 11.3 Å². The standard InChI is InChI=1S/C33H36N6O5S/c1-18(2)28-26-17-39(30(28)31-34-15-23(16-35-31)43-19(3)4)32(40)22-11-8-12-24(13-22)45(41,42)38-33-36-25(14-27(37-33)44-26)29-20(5)9-7-10-21(29)6/h7-16,18-19,26,28,30H,17H2,1-6H3,(H,36,37,38). The topological polar surface area (TPSA) is 136 Å². The highest BCUT2D eigenvalue weighted by atomic mass is 32.2. The van der Waals surface area contributed by atoms with Crippen LogP contribution < -0.4 is 14.2 Å². The lowest BCUT2D eigenvalue weighted by Crippen LogP contribution is -2.34. The molecule has 0 saturated carbocycles. The number of carbonyl (C=O) groups is 1. The zero-order chi connectivity index (χ0) is 32.0. The summed E-state index contributed by atoms with van der Waals surface area (Å²) in [7, 11) is -4.16. The number of hydrogen-bond donors (Lipinski definition) is 1. The summed E-state index contributed by atoms with van der Waals surface area (Å²) in [5.74, 6) is 0.503. The summed E-state index contributed by atoms with van der Waals surface area (Å²) in [4.78, 5) is 34.2. The minimum atomic E-state index is -4.16. The monoisotopic (exact) mass is 628 g/mol. The highest BCUT2D eigenvalue weighted by Crippen LogP contribution is 2.43. The molecule has 6 bridgehead atoms. The lowest BCUT2D eigenvalue weighted by atomic mass is 9.86. The number of rotatable bonds is 5. The number of nitrogens with one attached hydrogen (secondary N) is 1. The van der Waals surface area contributed by atoms with Gasteiger partial charge in [0.2, 0.25) is 11.8 Å². The van der Waals surface area contributed by atoms with Gasteiger partial charge < -0.3 is 14.4 Å². The summed E-state index contributed by atoms with van der Waals surface area (Å²) in [6.45, 7) is 12.1. The maximum Gasteiger partial charge on any atom is 0.264 e. The van der Waals surface area contributed by atoms with Gasteiger partial charge in [0.1, 0.15) is 6.10 Å². The Hall–Kier alpha value is -4.58. The molecular formula is C33H36N6O5S. The SMILES string of the molecule is Cc1cccc(C)c1-c1cc2nc(n1)NS(=O)(=O)c1cccc(c1)C(=O)N1CC(O2)C(C(C)C)C1c1ncc(OC(C)C)cn1. The highest BCUT2D eigenvalue weighted by Gasteiger charge is 2.49. The van der Waals surface area contributed by atoms with Gasteiger partial charge in [0, 0.05) is 23.1 Å². The van der Waals surface area contributed by atoms with Crippen LogP contribution in [0.25, 0.3) is 11.3 Å². The third-order valence-electron chi connectivity index (χ3n) is 8.15. The van der Waals surface area contributed by atoms with Gasteiger partial charge in [0.25, 0.3) is 15.9 Å². The van der Waals surface area contributed by atoms with E-state index in [2.05, 4.69) is 38.5 Å². The zero-order valence-corrected chi connectivity index (χ0v) is 26.9. The fourth-order valence-electron chi connectivity index (χ4n) is 6.26.